The molecular formula is C17H23N3O. The first kappa shape index (κ1) is 14.3. The van der Waals surface area contributed by atoms with Crippen LogP contribution < -0.4 is 10.2 Å². The Labute approximate surface area is 126 Å². The van der Waals surface area contributed by atoms with E-state index in [1.807, 2.05) is 6.92 Å². The molecule has 112 valence electrons. The summed E-state index contributed by atoms with van der Waals surface area (Å²) in [5.74, 6) is 0.229. The summed E-state index contributed by atoms with van der Waals surface area (Å²) >= 11 is 0. The summed E-state index contributed by atoms with van der Waals surface area (Å²) in [7, 11) is 0. The predicted octanol–water partition coefficient (Wildman–Crippen LogP) is 1.69. The second-order valence-electron chi connectivity index (χ2n) is 5.93. The number of rotatable bonds is 3. The van der Waals surface area contributed by atoms with Gasteiger partial charge >= 0.3 is 0 Å². The minimum atomic E-state index is -0.189. The number of hydrogen-bond donors (Lipinski definition) is 1. The molecule has 1 N–H and O–H groups in total. The molecule has 0 aromatic heterocycles. The van der Waals surface area contributed by atoms with Crippen molar-refractivity contribution in [3.05, 3.63) is 29.8 Å². The number of ketones is 1. The molecule has 2 aliphatic rings. The van der Waals surface area contributed by atoms with Gasteiger partial charge in [0.1, 0.15) is 6.04 Å². The average molecular weight is 285 g/mol. The molecule has 21 heavy (non-hydrogen) atoms. The number of anilines is 1. The molecule has 1 fully saturated rings. The van der Waals surface area contributed by atoms with Gasteiger partial charge in [-0.2, -0.15) is 0 Å². The highest BCUT2D eigenvalue weighted by Gasteiger charge is 2.28. The number of carbonyl (C=O) groups is 1. The number of para-hydroxylation sites is 1. The van der Waals surface area contributed by atoms with Crippen LogP contribution in [0.4, 0.5) is 5.69 Å². The molecule has 4 nitrogen and oxygen atoms in total. The van der Waals surface area contributed by atoms with Crippen LogP contribution in [0.5, 0.6) is 0 Å². The first-order chi connectivity index (χ1) is 10.3. The lowest BCUT2D eigenvalue weighted by Crippen LogP contribution is -2.29. The van der Waals surface area contributed by atoms with Gasteiger partial charge in [0.15, 0.2) is 5.78 Å². The molecule has 0 saturated carbocycles. The van der Waals surface area contributed by atoms with Crippen LogP contribution >= 0.6 is 0 Å². The van der Waals surface area contributed by atoms with Crippen molar-refractivity contribution in [2.45, 2.75) is 25.8 Å². The van der Waals surface area contributed by atoms with Crippen LogP contribution in [0.3, 0.4) is 0 Å². The quantitative estimate of drug-likeness (QED) is 0.919. The number of benzene rings is 1. The Morgan fingerprint density at radius 3 is 2.95 bits per heavy atom. The first-order valence-corrected chi connectivity index (χ1v) is 7.86. The lowest BCUT2D eigenvalue weighted by molar-refractivity contribution is -0.120. The molecule has 3 rings (SSSR count). The van der Waals surface area contributed by atoms with E-state index in [-0.39, 0.29) is 17.7 Å². The zero-order chi connectivity index (χ0) is 14.7. The van der Waals surface area contributed by atoms with E-state index in [2.05, 4.69) is 39.5 Å². The maximum Gasteiger partial charge on any atom is 0.165 e. The van der Waals surface area contributed by atoms with Crippen LogP contribution in [0.25, 0.3) is 0 Å². The Morgan fingerprint density at radius 1 is 1.29 bits per heavy atom. The standard InChI is InChI=1S/C17H23N3O/c1-13-12-19-15(17(13)21)11-14-5-2-3-6-16(14)20-9-4-7-18-8-10-20/h2-3,5-6,12-13,15,18H,4,7-11H2,1H3. The maximum absolute atomic E-state index is 12.1. The van der Waals surface area contributed by atoms with E-state index in [0.29, 0.717) is 0 Å². The maximum atomic E-state index is 12.1. The van der Waals surface area contributed by atoms with Crippen molar-refractivity contribution in [3.63, 3.8) is 0 Å². The fourth-order valence-electron chi connectivity index (χ4n) is 3.12. The molecule has 2 heterocycles. The van der Waals surface area contributed by atoms with E-state index in [4.69, 9.17) is 0 Å². The Bertz CT molecular complexity index is 533. The van der Waals surface area contributed by atoms with Crippen molar-refractivity contribution in [1.82, 2.24) is 5.32 Å². The van der Waals surface area contributed by atoms with E-state index in [9.17, 15) is 4.79 Å². The summed E-state index contributed by atoms with van der Waals surface area (Å²) in [4.78, 5) is 18.9. The Morgan fingerprint density at radius 2 is 2.14 bits per heavy atom. The van der Waals surface area contributed by atoms with E-state index in [1.165, 1.54) is 11.3 Å². The highest BCUT2D eigenvalue weighted by molar-refractivity contribution is 6.02. The van der Waals surface area contributed by atoms with Gasteiger partial charge in [0.2, 0.25) is 0 Å². The molecule has 1 saturated heterocycles. The highest BCUT2D eigenvalue weighted by Crippen LogP contribution is 2.25. The van der Waals surface area contributed by atoms with Gasteiger partial charge in [0, 0.05) is 38.0 Å². The minimum absolute atomic E-state index is 0.0236. The lowest BCUT2D eigenvalue weighted by atomic mass is 9.97. The monoisotopic (exact) mass is 285 g/mol. The molecule has 1 aromatic rings. The minimum Gasteiger partial charge on any atom is -0.370 e. The first-order valence-electron chi connectivity index (χ1n) is 7.86. The number of hydrogen-bond acceptors (Lipinski definition) is 4. The highest BCUT2D eigenvalue weighted by atomic mass is 16.1. The van der Waals surface area contributed by atoms with Gasteiger partial charge in [0.25, 0.3) is 0 Å². The topological polar surface area (TPSA) is 44.7 Å². The molecular weight excluding hydrogens is 262 g/mol. The van der Waals surface area contributed by atoms with Crippen LogP contribution in [0.15, 0.2) is 29.3 Å². The summed E-state index contributed by atoms with van der Waals surface area (Å²) < 4.78 is 0. The number of carbonyl (C=O) groups excluding carboxylic acids is 1. The van der Waals surface area contributed by atoms with Crippen LogP contribution in [-0.2, 0) is 11.2 Å². The van der Waals surface area contributed by atoms with Crippen molar-refractivity contribution in [3.8, 4) is 0 Å². The molecule has 0 aliphatic carbocycles. The van der Waals surface area contributed by atoms with Gasteiger partial charge in [-0.25, -0.2) is 0 Å². The second-order valence-corrected chi connectivity index (χ2v) is 5.93. The molecule has 0 radical (unpaired) electrons. The summed E-state index contributed by atoms with van der Waals surface area (Å²) in [5, 5.41) is 3.43. The fraction of sp³-hybridized carbons (Fsp3) is 0.529. The van der Waals surface area contributed by atoms with Crippen LogP contribution in [0, 0.1) is 5.92 Å². The van der Waals surface area contributed by atoms with E-state index in [1.54, 1.807) is 6.21 Å². The normalized spacial score (nSPS) is 26.1. The van der Waals surface area contributed by atoms with E-state index in [0.717, 1.165) is 39.0 Å². The van der Waals surface area contributed by atoms with Crippen molar-refractivity contribution < 1.29 is 4.79 Å². The summed E-state index contributed by atoms with van der Waals surface area (Å²) in [6.45, 7) is 6.13. The molecule has 2 unspecified atom stereocenters. The fourth-order valence-corrected chi connectivity index (χ4v) is 3.12. The van der Waals surface area contributed by atoms with E-state index >= 15 is 0 Å². The summed E-state index contributed by atoms with van der Waals surface area (Å²) in [5.41, 5.74) is 2.51. The van der Waals surface area contributed by atoms with Crippen molar-refractivity contribution in [1.29, 1.82) is 0 Å². The second kappa shape index (κ2) is 6.39. The van der Waals surface area contributed by atoms with Gasteiger partial charge in [-0.3, -0.25) is 9.79 Å². The molecule has 0 bridgehead atoms. The predicted molar refractivity (Wildman–Crippen MR) is 86.3 cm³/mol. The van der Waals surface area contributed by atoms with Crippen LogP contribution in [0.1, 0.15) is 18.9 Å². The average Bonchev–Trinajstić information content (AvgIpc) is 2.74. The number of Topliss-reactive ketones (excluding diaryl/α,β-unsaturated/α-hetero) is 1. The van der Waals surface area contributed by atoms with Crippen LogP contribution in [0.2, 0.25) is 0 Å². The van der Waals surface area contributed by atoms with Gasteiger partial charge in [-0.1, -0.05) is 25.1 Å². The number of aliphatic imine (C=N–C) groups is 1. The Hall–Kier alpha value is -1.68. The zero-order valence-corrected chi connectivity index (χ0v) is 12.6. The third kappa shape index (κ3) is 3.16. The summed E-state index contributed by atoms with van der Waals surface area (Å²) in [6.07, 6.45) is 3.68. The number of nitrogens with zero attached hydrogens (tertiary/aromatic N) is 2. The molecule has 2 aliphatic heterocycles. The third-order valence-electron chi connectivity index (χ3n) is 4.35. The zero-order valence-electron chi connectivity index (χ0n) is 12.6. The Kier molecular flexibility index (Phi) is 4.34. The van der Waals surface area contributed by atoms with Gasteiger partial charge in [-0.15, -0.1) is 0 Å². The smallest absolute Gasteiger partial charge is 0.165 e. The number of nitrogens with one attached hydrogen (secondary N) is 1. The van der Waals surface area contributed by atoms with Gasteiger partial charge in [-0.05, 0) is 24.6 Å². The summed E-state index contributed by atoms with van der Waals surface area (Å²) in [6, 6.07) is 8.26. The van der Waals surface area contributed by atoms with Crippen molar-refractivity contribution in [2.75, 3.05) is 31.1 Å². The molecule has 0 amide bonds. The van der Waals surface area contributed by atoms with Crippen LogP contribution in [-0.4, -0.2) is 44.2 Å². The molecule has 1 aromatic carbocycles. The molecule has 0 spiro atoms. The van der Waals surface area contributed by atoms with Crippen molar-refractivity contribution >= 4 is 17.7 Å². The molecule has 4 heteroatoms. The lowest BCUT2D eigenvalue weighted by Gasteiger charge is -2.25. The van der Waals surface area contributed by atoms with Gasteiger partial charge in [0.05, 0.1) is 5.92 Å². The SMILES string of the molecule is CC1C=NC(Cc2ccccc2N2CCCNCC2)C1=O. The van der Waals surface area contributed by atoms with E-state index < -0.39 is 0 Å². The Balaban J connectivity index is 1.79. The van der Waals surface area contributed by atoms with Crippen molar-refractivity contribution in [2.24, 2.45) is 10.9 Å². The van der Waals surface area contributed by atoms with Gasteiger partial charge < -0.3 is 10.2 Å². The molecule has 2 atom stereocenters. The third-order valence-corrected chi connectivity index (χ3v) is 4.35. The largest absolute Gasteiger partial charge is 0.370 e.